The molecule has 0 radical (unpaired) electrons. The summed E-state index contributed by atoms with van der Waals surface area (Å²) < 4.78 is 5.49. The maximum atomic E-state index is 13.8. The molecule has 0 saturated heterocycles. The summed E-state index contributed by atoms with van der Waals surface area (Å²) in [4.78, 5) is 45.8. The van der Waals surface area contributed by atoms with Gasteiger partial charge in [0.25, 0.3) is 11.8 Å². The first-order valence-electron chi connectivity index (χ1n) is 16.0. The summed E-state index contributed by atoms with van der Waals surface area (Å²) in [6.07, 6.45) is 1.67. The molecule has 1 atom stereocenters. The zero-order valence-electron chi connectivity index (χ0n) is 27.8. The Morgan fingerprint density at radius 3 is 2.18 bits per heavy atom. The molecule has 8 nitrogen and oxygen atoms in total. The fourth-order valence-electron chi connectivity index (χ4n) is 5.18. The number of thioether (sulfide) groups is 1. The molecule has 0 aliphatic heterocycles. The Morgan fingerprint density at radius 1 is 0.784 bits per heavy atom. The highest BCUT2D eigenvalue weighted by molar-refractivity contribution is 8.00. The zero-order valence-corrected chi connectivity index (χ0v) is 29.5. The van der Waals surface area contributed by atoms with E-state index in [1.807, 2.05) is 109 Å². The molecule has 3 N–H and O–H groups in total. The summed E-state index contributed by atoms with van der Waals surface area (Å²) >= 11 is 2.73. The van der Waals surface area contributed by atoms with E-state index in [0.29, 0.717) is 27.8 Å². The fraction of sp³-hybridized carbons (Fsp3) is 0.0732. The number of para-hydroxylation sites is 1. The van der Waals surface area contributed by atoms with Crippen molar-refractivity contribution in [2.75, 3.05) is 17.7 Å². The van der Waals surface area contributed by atoms with Gasteiger partial charge in [-0.25, -0.2) is 4.98 Å². The first-order chi connectivity index (χ1) is 24.9. The van der Waals surface area contributed by atoms with Crippen LogP contribution in [-0.2, 0) is 9.59 Å². The van der Waals surface area contributed by atoms with Crippen LogP contribution < -0.4 is 20.7 Å². The SMILES string of the molecule is COc1ccccc1-c1csc(NC(=O)C(Sc2ccc(NC(=O)/C(=C/c3ccccc3C)NC(=O)c3ccccc3)cc2)c2ccccc2)n1. The zero-order chi connectivity index (χ0) is 35.6. The van der Waals surface area contributed by atoms with E-state index < -0.39 is 17.1 Å². The van der Waals surface area contributed by atoms with E-state index in [-0.39, 0.29) is 11.6 Å². The van der Waals surface area contributed by atoms with Gasteiger partial charge in [-0.2, -0.15) is 0 Å². The van der Waals surface area contributed by atoms with Gasteiger partial charge in [0.15, 0.2) is 5.13 Å². The van der Waals surface area contributed by atoms with E-state index in [1.54, 1.807) is 49.6 Å². The highest BCUT2D eigenvalue weighted by Gasteiger charge is 2.24. The van der Waals surface area contributed by atoms with Crippen LogP contribution in [-0.4, -0.2) is 29.8 Å². The number of hydrogen-bond donors (Lipinski definition) is 3. The second-order valence-corrected chi connectivity index (χ2v) is 13.4. The average molecular weight is 711 g/mol. The molecular formula is C41H34N4O4S2. The highest BCUT2D eigenvalue weighted by Crippen LogP contribution is 2.38. The van der Waals surface area contributed by atoms with Gasteiger partial charge >= 0.3 is 0 Å². The molecule has 0 fully saturated rings. The van der Waals surface area contributed by atoms with Gasteiger partial charge in [0.2, 0.25) is 5.91 Å². The number of aryl methyl sites for hydroxylation is 1. The maximum absolute atomic E-state index is 13.8. The van der Waals surface area contributed by atoms with Crippen molar-refractivity contribution in [2.24, 2.45) is 0 Å². The molecule has 51 heavy (non-hydrogen) atoms. The number of carbonyl (C=O) groups excluding carboxylic acids is 3. The first kappa shape index (κ1) is 34.9. The number of benzene rings is 5. The number of amides is 3. The van der Waals surface area contributed by atoms with Crippen molar-refractivity contribution in [3.8, 4) is 17.0 Å². The molecule has 0 bridgehead atoms. The second kappa shape index (κ2) is 16.6. The lowest BCUT2D eigenvalue weighted by atomic mass is 10.1. The van der Waals surface area contributed by atoms with Gasteiger partial charge in [0.1, 0.15) is 16.7 Å². The molecule has 254 valence electrons. The lowest BCUT2D eigenvalue weighted by Crippen LogP contribution is -2.30. The Labute approximate surface area is 304 Å². The minimum Gasteiger partial charge on any atom is -0.496 e. The summed E-state index contributed by atoms with van der Waals surface area (Å²) in [5.74, 6) is -0.380. The third-order valence-electron chi connectivity index (χ3n) is 7.84. The largest absolute Gasteiger partial charge is 0.496 e. The van der Waals surface area contributed by atoms with E-state index in [2.05, 4.69) is 20.9 Å². The molecule has 0 aliphatic rings. The van der Waals surface area contributed by atoms with Crippen molar-refractivity contribution in [1.82, 2.24) is 10.3 Å². The average Bonchev–Trinajstić information content (AvgIpc) is 3.63. The summed E-state index contributed by atoms with van der Waals surface area (Å²) in [5, 5.41) is 10.5. The third-order valence-corrected chi connectivity index (χ3v) is 9.86. The highest BCUT2D eigenvalue weighted by atomic mass is 32.2. The Bertz CT molecular complexity index is 2170. The van der Waals surface area contributed by atoms with Gasteiger partial charge in [-0.1, -0.05) is 84.9 Å². The van der Waals surface area contributed by atoms with Crippen molar-refractivity contribution in [3.05, 3.63) is 167 Å². The minimum atomic E-state index is -0.581. The molecule has 6 rings (SSSR count). The van der Waals surface area contributed by atoms with Crippen LogP contribution in [0.5, 0.6) is 5.75 Å². The Kier molecular flexibility index (Phi) is 11.4. The van der Waals surface area contributed by atoms with Gasteiger partial charge < -0.3 is 20.7 Å². The molecule has 0 saturated carbocycles. The van der Waals surface area contributed by atoms with Gasteiger partial charge in [0.05, 0.1) is 12.8 Å². The van der Waals surface area contributed by atoms with Crippen molar-refractivity contribution < 1.29 is 19.1 Å². The molecule has 1 unspecified atom stereocenters. The lowest BCUT2D eigenvalue weighted by molar-refractivity contribution is -0.116. The van der Waals surface area contributed by atoms with Crippen molar-refractivity contribution >= 4 is 57.7 Å². The molecule has 0 aliphatic carbocycles. The van der Waals surface area contributed by atoms with E-state index in [0.717, 1.165) is 27.1 Å². The quantitative estimate of drug-likeness (QED) is 0.0864. The Balaban J connectivity index is 1.18. The van der Waals surface area contributed by atoms with Gasteiger partial charge in [0, 0.05) is 27.1 Å². The number of carbonyl (C=O) groups is 3. The van der Waals surface area contributed by atoms with Crippen molar-refractivity contribution in [2.45, 2.75) is 17.1 Å². The summed E-state index contributed by atoms with van der Waals surface area (Å²) in [6.45, 7) is 1.94. The van der Waals surface area contributed by atoms with Crippen LogP contribution >= 0.6 is 23.1 Å². The van der Waals surface area contributed by atoms with Crippen LogP contribution in [0.15, 0.2) is 149 Å². The molecule has 1 heterocycles. The third kappa shape index (κ3) is 8.99. The van der Waals surface area contributed by atoms with E-state index >= 15 is 0 Å². The maximum Gasteiger partial charge on any atom is 0.272 e. The number of rotatable bonds is 12. The molecule has 10 heteroatoms. The smallest absolute Gasteiger partial charge is 0.272 e. The first-order valence-corrected chi connectivity index (χ1v) is 17.8. The van der Waals surface area contributed by atoms with Crippen LogP contribution in [0.2, 0.25) is 0 Å². The lowest BCUT2D eigenvalue weighted by Gasteiger charge is -2.17. The number of hydrogen-bond acceptors (Lipinski definition) is 7. The van der Waals surface area contributed by atoms with Gasteiger partial charge in [-0.15, -0.1) is 23.1 Å². The number of anilines is 2. The summed E-state index contributed by atoms with van der Waals surface area (Å²) in [6, 6.07) is 40.7. The minimum absolute atomic E-state index is 0.105. The number of thiazole rings is 1. The Morgan fingerprint density at radius 2 is 1.45 bits per heavy atom. The van der Waals surface area contributed by atoms with Crippen LogP contribution in [0.4, 0.5) is 10.8 Å². The predicted molar refractivity (Wildman–Crippen MR) is 206 cm³/mol. The second-order valence-electron chi connectivity index (χ2n) is 11.3. The number of nitrogens with one attached hydrogen (secondary N) is 3. The molecule has 3 amide bonds. The van der Waals surface area contributed by atoms with E-state index in [1.165, 1.54) is 23.1 Å². The molecule has 6 aromatic rings. The van der Waals surface area contributed by atoms with Crippen LogP contribution in [0.1, 0.15) is 32.3 Å². The standard InChI is InChI=1S/C41H34N4O4S2/c1-27-13-9-10-18-30(27)25-34(43-38(46)29-16-7-4-8-17-29)39(47)42-31-21-23-32(24-22-31)51-37(28-14-5-3-6-15-28)40(48)45-41-44-35(26-50-41)33-19-11-12-20-36(33)49-2/h3-26,37H,1-2H3,(H,42,47)(H,43,46)(H,44,45,48)/b34-25-. The topological polar surface area (TPSA) is 109 Å². The van der Waals surface area contributed by atoms with Crippen molar-refractivity contribution in [1.29, 1.82) is 0 Å². The summed E-state index contributed by atoms with van der Waals surface area (Å²) in [7, 11) is 1.61. The number of methoxy groups -OCH3 is 1. The number of aromatic nitrogens is 1. The summed E-state index contributed by atoms with van der Waals surface area (Å²) in [5.41, 5.74) is 5.23. The molecular weight excluding hydrogens is 677 g/mol. The van der Waals surface area contributed by atoms with Gasteiger partial charge in [-0.05, 0) is 78.2 Å². The monoisotopic (exact) mass is 710 g/mol. The number of nitrogens with zero attached hydrogens (tertiary/aromatic N) is 1. The van der Waals surface area contributed by atoms with Crippen LogP contribution in [0.3, 0.4) is 0 Å². The van der Waals surface area contributed by atoms with Gasteiger partial charge in [-0.3, -0.25) is 14.4 Å². The molecule has 1 aromatic heterocycles. The molecule has 0 spiro atoms. The van der Waals surface area contributed by atoms with Crippen LogP contribution in [0, 0.1) is 6.92 Å². The van der Waals surface area contributed by atoms with E-state index in [4.69, 9.17) is 4.74 Å². The fourth-order valence-corrected chi connectivity index (χ4v) is 6.92. The van der Waals surface area contributed by atoms with Crippen molar-refractivity contribution in [3.63, 3.8) is 0 Å². The van der Waals surface area contributed by atoms with Crippen LogP contribution in [0.25, 0.3) is 17.3 Å². The number of ether oxygens (including phenoxy) is 1. The molecule has 5 aromatic carbocycles. The van der Waals surface area contributed by atoms with E-state index in [9.17, 15) is 14.4 Å². The predicted octanol–water partition coefficient (Wildman–Crippen LogP) is 9.01. The normalized spacial score (nSPS) is 11.7. The Hall–Kier alpha value is -5.97.